The minimum Gasteiger partial charge on any atom is -0.462 e. The smallest absolute Gasteiger partial charge is 0.315 e. The number of esters is 2. The molecular weight excluding hydrogens is 448 g/mol. The van der Waals surface area contributed by atoms with Gasteiger partial charge in [-0.05, 0) is 43.4 Å². The van der Waals surface area contributed by atoms with Crippen LogP contribution in [0.1, 0.15) is 32.6 Å². The lowest BCUT2D eigenvalue weighted by atomic mass is 9.50. The predicted octanol–water partition coefficient (Wildman–Crippen LogP) is 3.01. The molecule has 0 amide bonds. The van der Waals surface area contributed by atoms with Gasteiger partial charge in [0.15, 0.2) is 16.5 Å². The van der Waals surface area contributed by atoms with Crippen molar-refractivity contribution in [1.82, 2.24) is 0 Å². The quantitative estimate of drug-likeness (QED) is 0.239. The minimum atomic E-state index is -5.63. The number of carbonyl (C=O) groups excluding carboxylic acids is 2. The van der Waals surface area contributed by atoms with Crippen LogP contribution in [0.25, 0.3) is 0 Å². The number of rotatable bonds is 4. The molecule has 6 unspecified atom stereocenters. The van der Waals surface area contributed by atoms with Crippen LogP contribution in [0.2, 0.25) is 0 Å². The van der Waals surface area contributed by atoms with Crippen LogP contribution in [0.3, 0.4) is 0 Å². The van der Waals surface area contributed by atoms with Crippen molar-refractivity contribution in [2.75, 3.05) is 0 Å². The lowest BCUT2D eigenvalue weighted by Crippen LogP contribution is -2.57. The van der Waals surface area contributed by atoms with E-state index in [4.69, 9.17) is 14.0 Å². The zero-order valence-corrected chi connectivity index (χ0v) is 16.9. The van der Waals surface area contributed by atoms with Crippen LogP contribution in [0.5, 0.6) is 5.75 Å². The highest BCUT2D eigenvalue weighted by Gasteiger charge is 2.57. The molecule has 1 N–H and O–H groups in total. The zero-order chi connectivity index (χ0) is 22.8. The van der Waals surface area contributed by atoms with E-state index in [1.54, 1.807) is 0 Å². The number of carbonyl (C=O) groups is 2. The maximum Gasteiger partial charge on any atom is 0.315 e. The first-order valence-electron chi connectivity index (χ1n) is 9.62. The Kier molecular flexibility index (Phi) is 5.28. The maximum absolute atomic E-state index is 14.3. The Balaban J connectivity index is 1.67. The number of hydrogen-bond acceptors (Lipinski definition) is 6. The van der Waals surface area contributed by atoms with E-state index in [0.717, 1.165) is 6.42 Å². The van der Waals surface area contributed by atoms with Gasteiger partial charge in [-0.1, -0.05) is 0 Å². The molecule has 6 atom stereocenters. The fraction of sp³-hybridized carbons (Fsp3) is 0.579. The highest BCUT2D eigenvalue weighted by molar-refractivity contribution is 7.85. The summed E-state index contributed by atoms with van der Waals surface area (Å²) in [6, 6.07) is 0. The molecule has 1 aromatic carbocycles. The highest BCUT2D eigenvalue weighted by atomic mass is 32.2. The molecule has 31 heavy (non-hydrogen) atoms. The van der Waals surface area contributed by atoms with Gasteiger partial charge in [0.1, 0.15) is 6.10 Å². The van der Waals surface area contributed by atoms with Gasteiger partial charge < -0.3 is 9.47 Å². The second kappa shape index (κ2) is 7.44. The lowest BCUT2D eigenvalue weighted by molar-refractivity contribution is -0.187. The number of benzene rings is 1. The Morgan fingerprint density at radius 1 is 0.935 bits per heavy atom. The normalized spacial score (nSPS) is 31.5. The molecule has 4 aliphatic rings. The summed E-state index contributed by atoms with van der Waals surface area (Å²) in [6.45, 7) is 1.23. The lowest BCUT2D eigenvalue weighted by Gasteiger charge is -2.56. The van der Waals surface area contributed by atoms with E-state index in [-0.39, 0.29) is 11.8 Å². The maximum atomic E-state index is 14.3. The molecule has 12 heteroatoms. The Morgan fingerprint density at radius 2 is 1.52 bits per heavy atom. The summed E-state index contributed by atoms with van der Waals surface area (Å²) in [5.74, 6) is -14.0. The molecule has 0 heterocycles. The van der Waals surface area contributed by atoms with E-state index < -0.39 is 73.9 Å². The van der Waals surface area contributed by atoms with E-state index in [0.29, 0.717) is 25.2 Å². The van der Waals surface area contributed by atoms with Gasteiger partial charge in [-0.15, -0.1) is 0 Å². The number of halogens is 4. The molecule has 4 bridgehead atoms. The van der Waals surface area contributed by atoms with E-state index in [2.05, 4.69) is 0 Å². The number of ether oxygens (including phenoxy) is 2. The Morgan fingerprint density at radius 3 is 2.06 bits per heavy atom. The summed E-state index contributed by atoms with van der Waals surface area (Å²) in [7, 11) is -5.63. The summed E-state index contributed by atoms with van der Waals surface area (Å²) < 4.78 is 97.6. The summed E-state index contributed by atoms with van der Waals surface area (Å²) in [6.07, 6.45) is 1.98. The van der Waals surface area contributed by atoms with Crippen molar-refractivity contribution in [1.29, 1.82) is 0 Å². The van der Waals surface area contributed by atoms with Crippen LogP contribution in [0, 0.1) is 52.9 Å². The van der Waals surface area contributed by atoms with E-state index in [1.807, 2.05) is 0 Å². The number of hydrogen-bond donors (Lipinski definition) is 1. The standard InChI is InChI=1S/C19H18F4O7S/c1-6(24)29-16-9-3-7-2-8(5-9)11(10(16)4-7)19(25)30-17-12(20)14(22)18(31(26,27)28)15(23)13(17)21/h7-11,16H,2-5H2,1H3,(H,26,27,28). The van der Waals surface area contributed by atoms with Crippen molar-refractivity contribution < 1.29 is 49.6 Å². The van der Waals surface area contributed by atoms with Crippen molar-refractivity contribution in [2.45, 2.75) is 43.6 Å². The Labute approximate surface area is 174 Å². The van der Waals surface area contributed by atoms with E-state index in [1.165, 1.54) is 6.92 Å². The highest BCUT2D eigenvalue weighted by Crippen LogP contribution is 2.57. The fourth-order valence-corrected chi connectivity index (χ4v) is 6.31. The molecule has 1 aromatic rings. The second-order valence-electron chi connectivity index (χ2n) is 8.40. The largest absolute Gasteiger partial charge is 0.462 e. The molecule has 4 fully saturated rings. The zero-order valence-electron chi connectivity index (χ0n) is 16.1. The van der Waals surface area contributed by atoms with Gasteiger partial charge in [0.2, 0.25) is 17.4 Å². The molecule has 4 saturated carbocycles. The van der Waals surface area contributed by atoms with Crippen LogP contribution in [-0.2, 0) is 24.4 Å². The van der Waals surface area contributed by atoms with Gasteiger partial charge in [-0.25, -0.2) is 8.78 Å². The molecule has 4 aliphatic carbocycles. The summed E-state index contributed by atoms with van der Waals surface area (Å²) in [4.78, 5) is 22.1. The minimum absolute atomic E-state index is 0.0489. The molecule has 170 valence electrons. The van der Waals surface area contributed by atoms with Crippen molar-refractivity contribution in [2.24, 2.45) is 29.6 Å². The van der Waals surface area contributed by atoms with Crippen molar-refractivity contribution in [3.8, 4) is 5.75 Å². The first-order chi connectivity index (χ1) is 14.4. The molecular formula is C19H18F4O7S. The van der Waals surface area contributed by atoms with Gasteiger partial charge in [0.25, 0.3) is 0 Å². The average Bonchev–Trinajstić information content (AvgIpc) is 2.65. The molecule has 0 spiro atoms. The summed E-state index contributed by atoms with van der Waals surface area (Å²) in [5, 5.41) is 0. The van der Waals surface area contributed by atoms with Gasteiger partial charge >= 0.3 is 22.1 Å². The van der Waals surface area contributed by atoms with Crippen LogP contribution < -0.4 is 4.74 Å². The molecule has 0 aliphatic heterocycles. The van der Waals surface area contributed by atoms with Crippen LogP contribution in [0.15, 0.2) is 4.90 Å². The van der Waals surface area contributed by atoms with Gasteiger partial charge in [0.05, 0.1) is 5.92 Å². The van der Waals surface area contributed by atoms with Crippen LogP contribution in [-0.4, -0.2) is 31.0 Å². The molecule has 5 rings (SSSR count). The average molecular weight is 466 g/mol. The third-order valence-corrected chi connectivity index (χ3v) is 7.43. The van der Waals surface area contributed by atoms with Crippen molar-refractivity contribution in [3.63, 3.8) is 0 Å². The summed E-state index contributed by atoms with van der Waals surface area (Å²) in [5.41, 5.74) is 0. The molecule has 0 aromatic heterocycles. The van der Waals surface area contributed by atoms with Crippen LogP contribution >= 0.6 is 0 Å². The second-order valence-corrected chi connectivity index (χ2v) is 9.76. The van der Waals surface area contributed by atoms with Crippen LogP contribution in [0.4, 0.5) is 17.6 Å². The Hall–Kier alpha value is -2.21. The first kappa shape index (κ1) is 22.0. The van der Waals surface area contributed by atoms with Gasteiger partial charge in [-0.2, -0.15) is 17.2 Å². The monoisotopic (exact) mass is 466 g/mol. The topological polar surface area (TPSA) is 107 Å². The SMILES string of the molecule is CC(=O)OC1C2CC3CC(C2)C(C(=O)Oc2c(F)c(F)c(S(=O)(=O)O)c(F)c2F)C1C3. The molecule has 7 nitrogen and oxygen atoms in total. The first-order valence-corrected chi connectivity index (χ1v) is 11.1. The van der Waals surface area contributed by atoms with Gasteiger partial charge in [-0.3, -0.25) is 14.1 Å². The fourth-order valence-electron chi connectivity index (χ4n) is 5.68. The Bertz CT molecular complexity index is 1040. The third-order valence-electron chi connectivity index (χ3n) is 6.56. The van der Waals surface area contributed by atoms with Gasteiger partial charge in [0, 0.05) is 12.8 Å². The summed E-state index contributed by atoms with van der Waals surface area (Å²) >= 11 is 0. The van der Waals surface area contributed by atoms with Crippen molar-refractivity contribution in [3.05, 3.63) is 23.3 Å². The van der Waals surface area contributed by atoms with E-state index >= 15 is 0 Å². The predicted molar refractivity (Wildman–Crippen MR) is 93.2 cm³/mol. The van der Waals surface area contributed by atoms with Crippen molar-refractivity contribution >= 4 is 22.1 Å². The molecule has 0 radical (unpaired) electrons. The van der Waals surface area contributed by atoms with E-state index in [9.17, 15) is 35.6 Å². The third kappa shape index (κ3) is 3.59. The molecule has 0 saturated heterocycles.